The summed E-state index contributed by atoms with van der Waals surface area (Å²) in [5, 5.41) is 0. The number of aryl methyl sites for hydroxylation is 2. The van der Waals surface area contributed by atoms with Crippen LogP contribution in [0.1, 0.15) is 31.5 Å². The van der Waals surface area contributed by atoms with Gasteiger partial charge < -0.3 is 9.13 Å². The lowest BCUT2D eigenvalue weighted by atomic mass is 9.99. The summed E-state index contributed by atoms with van der Waals surface area (Å²) in [5.41, 5.74) is 0. The second kappa shape index (κ2) is 6.22. The summed E-state index contributed by atoms with van der Waals surface area (Å²) in [4.78, 5) is 11.2. The van der Waals surface area contributed by atoms with Crippen molar-refractivity contribution in [1.29, 1.82) is 0 Å². The van der Waals surface area contributed by atoms with E-state index >= 15 is 0 Å². The Morgan fingerprint density at radius 3 is 2.95 bits per heavy atom. The van der Waals surface area contributed by atoms with Crippen LogP contribution in [0.2, 0.25) is 0 Å². The lowest BCUT2D eigenvalue weighted by Crippen LogP contribution is -2.40. The van der Waals surface area contributed by atoms with E-state index in [0.29, 0.717) is 6.04 Å². The molecule has 0 saturated carbocycles. The van der Waals surface area contributed by atoms with E-state index in [2.05, 4.69) is 31.0 Å². The quantitative estimate of drug-likeness (QED) is 0.837. The Morgan fingerprint density at radius 2 is 2.20 bits per heavy atom. The molecule has 1 aliphatic heterocycles. The Morgan fingerprint density at radius 1 is 1.25 bits per heavy atom. The van der Waals surface area contributed by atoms with Gasteiger partial charge in [-0.2, -0.15) is 0 Å². The Bertz CT molecular complexity index is 516. The standard InChI is InChI=1S/C15H23N5/c1-18-10-7-17-15(18)12-20-8-3-2-4-14(20)5-9-19-11-6-16-13-19/h6-7,10-11,13-14H,2-5,8-9,12H2,1H3/t14-/m1/s1. The van der Waals surface area contributed by atoms with Crippen molar-refractivity contribution in [3.63, 3.8) is 0 Å². The minimum atomic E-state index is 0.669. The van der Waals surface area contributed by atoms with Crippen LogP contribution in [0.15, 0.2) is 31.1 Å². The van der Waals surface area contributed by atoms with Gasteiger partial charge >= 0.3 is 0 Å². The minimum absolute atomic E-state index is 0.669. The number of hydrogen-bond acceptors (Lipinski definition) is 3. The molecule has 0 radical (unpaired) electrons. The van der Waals surface area contributed by atoms with Crippen molar-refractivity contribution in [2.24, 2.45) is 7.05 Å². The molecule has 1 atom stereocenters. The van der Waals surface area contributed by atoms with Crippen LogP contribution in [0.4, 0.5) is 0 Å². The van der Waals surface area contributed by atoms with Gasteiger partial charge in [-0.1, -0.05) is 6.42 Å². The largest absolute Gasteiger partial charge is 0.337 e. The Hall–Kier alpha value is -1.62. The smallest absolute Gasteiger partial charge is 0.122 e. The molecule has 5 nitrogen and oxygen atoms in total. The maximum atomic E-state index is 4.46. The molecule has 1 fully saturated rings. The molecule has 2 aromatic rings. The number of piperidine rings is 1. The Labute approximate surface area is 120 Å². The summed E-state index contributed by atoms with van der Waals surface area (Å²) in [6.45, 7) is 3.22. The molecular formula is C15H23N5. The monoisotopic (exact) mass is 273 g/mol. The summed E-state index contributed by atoms with van der Waals surface area (Å²) < 4.78 is 4.30. The highest BCUT2D eigenvalue weighted by molar-refractivity contribution is 4.93. The number of aromatic nitrogens is 4. The lowest BCUT2D eigenvalue weighted by molar-refractivity contribution is 0.124. The molecule has 0 spiro atoms. The minimum Gasteiger partial charge on any atom is -0.337 e. The molecule has 1 saturated heterocycles. The maximum absolute atomic E-state index is 4.46. The lowest BCUT2D eigenvalue weighted by Gasteiger charge is -2.35. The van der Waals surface area contributed by atoms with Crippen LogP contribution in [0, 0.1) is 0 Å². The van der Waals surface area contributed by atoms with E-state index in [1.54, 1.807) is 0 Å². The van der Waals surface area contributed by atoms with Crippen molar-refractivity contribution >= 4 is 0 Å². The number of nitrogens with zero attached hydrogens (tertiary/aromatic N) is 5. The number of imidazole rings is 2. The molecule has 5 heteroatoms. The average Bonchev–Trinajstić information content (AvgIpc) is 3.11. The molecule has 0 aromatic carbocycles. The summed E-state index contributed by atoms with van der Waals surface area (Å²) in [7, 11) is 2.08. The maximum Gasteiger partial charge on any atom is 0.122 e. The van der Waals surface area contributed by atoms with E-state index in [-0.39, 0.29) is 0 Å². The zero-order valence-electron chi connectivity index (χ0n) is 12.1. The molecule has 2 aromatic heterocycles. The molecule has 0 unspecified atom stereocenters. The van der Waals surface area contributed by atoms with E-state index in [4.69, 9.17) is 0 Å². The second-order valence-electron chi connectivity index (χ2n) is 5.66. The molecule has 0 aliphatic carbocycles. The van der Waals surface area contributed by atoms with Gasteiger partial charge in [-0.05, 0) is 25.8 Å². The zero-order valence-corrected chi connectivity index (χ0v) is 12.1. The van der Waals surface area contributed by atoms with Gasteiger partial charge in [0.1, 0.15) is 5.82 Å². The summed E-state index contributed by atoms with van der Waals surface area (Å²) in [6.07, 6.45) is 14.9. The van der Waals surface area contributed by atoms with E-state index in [9.17, 15) is 0 Å². The molecule has 3 rings (SSSR count). The van der Waals surface area contributed by atoms with Crippen LogP contribution in [-0.4, -0.2) is 36.6 Å². The SMILES string of the molecule is Cn1ccnc1CN1CCCC[C@@H]1CCn1ccnc1. The Kier molecular flexibility index (Phi) is 4.16. The van der Waals surface area contributed by atoms with Gasteiger partial charge in [0.25, 0.3) is 0 Å². The van der Waals surface area contributed by atoms with Crippen LogP contribution >= 0.6 is 0 Å². The highest BCUT2D eigenvalue weighted by Gasteiger charge is 2.23. The first-order valence-corrected chi connectivity index (χ1v) is 7.49. The third-order valence-corrected chi connectivity index (χ3v) is 4.29. The van der Waals surface area contributed by atoms with Crippen LogP contribution in [0.5, 0.6) is 0 Å². The molecule has 108 valence electrons. The van der Waals surface area contributed by atoms with Gasteiger partial charge in [0.15, 0.2) is 0 Å². The molecule has 0 bridgehead atoms. The van der Waals surface area contributed by atoms with Crippen LogP contribution in [0.3, 0.4) is 0 Å². The van der Waals surface area contributed by atoms with Crippen LogP contribution in [-0.2, 0) is 20.1 Å². The van der Waals surface area contributed by atoms with Gasteiger partial charge in [-0.25, -0.2) is 9.97 Å². The van der Waals surface area contributed by atoms with Crippen molar-refractivity contribution in [1.82, 2.24) is 24.0 Å². The fourth-order valence-electron chi connectivity index (χ4n) is 3.04. The van der Waals surface area contributed by atoms with Crippen LogP contribution in [0.25, 0.3) is 0 Å². The highest BCUT2D eigenvalue weighted by atomic mass is 15.2. The number of hydrogen-bond donors (Lipinski definition) is 0. The molecule has 0 amide bonds. The second-order valence-corrected chi connectivity index (χ2v) is 5.66. The third-order valence-electron chi connectivity index (χ3n) is 4.29. The predicted molar refractivity (Wildman–Crippen MR) is 78.1 cm³/mol. The van der Waals surface area contributed by atoms with Gasteiger partial charge in [-0.3, -0.25) is 4.90 Å². The first-order chi connectivity index (χ1) is 9.83. The van der Waals surface area contributed by atoms with Crippen molar-refractivity contribution in [2.75, 3.05) is 6.54 Å². The van der Waals surface area contributed by atoms with Gasteiger partial charge in [0, 0.05) is 44.4 Å². The topological polar surface area (TPSA) is 38.9 Å². The van der Waals surface area contributed by atoms with Crippen molar-refractivity contribution in [3.05, 3.63) is 36.9 Å². The fourth-order valence-corrected chi connectivity index (χ4v) is 3.04. The summed E-state index contributed by atoms with van der Waals surface area (Å²) in [5.74, 6) is 1.17. The van der Waals surface area contributed by atoms with E-state index < -0.39 is 0 Å². The summed E-state index contributed by atoms with van der Waals surface area (Å²) in [6, 6.07) is 0.669. The van der Waals surface area contributed by atoms with Gasteiger partial charge in [0.05, 0.1) is 12.9 Å². The highest BCUT2D eigenvalue weighted by Crippen LogP contribution is 2.22. The molecule has 0 N–H and O–H groups in total. The number of rotatable bonds is 5. The fraction of sp³-hybridized carbons (Fsp3) is 0.600. The van der Waals surface area contributed by atoms with Crippen molar-refractivity contribution in [2.45, 2.75) is 44.8 Å². The zero-order chi connectivity index (χ0) is 13.8. The predicted octanol–water partition coefficient (Wildman–Crippen LogP) is 2.06. The van der Waals surface area contributed by atoms with Gasteiger partial charge in [-0.15, -0.1) is 0 Å². The average molecular weight is 273 g/mol. The summed E-state index contributed by atoms with van der Waals surface area (Å²) >= 11 is 0. The first-order valence-electron chi connectivity index (χ1n) is 7.49. The number of likely N-dealkylation sites (tertiary alicyclic amines) is 1. The third kappa shape index (κ3) is 3.10. The van der Waals surface area contributed by atoms with Gasteiger partial charge in [0.2, 0.25) is 0 Å². The first kappa shape index (κ1) is 13.4. The van der Waals surface area contributed by atoms with Crippen molar-refractivity contribution in [3.8, 4) is 0 Å². The molecule has 1 aliphatic rings. The Balaban J connectivity index is 1.60. The van der Waals surface area contributed by atoms with E-state index in [1.165, 1.54) is 38.1 Å². The van der Waals surface area contributed by atoms with Crippen molar-refractivity contribution < 1.29 is 0 Å². The van der Waals surface area contributed by atoms with E-state index in [1.807, 2.05) is 31.1 Å². The van der Waals surface area contributed by atoms with Crippen LogP contribution < -0.4 is 0 Å². The van der Waals surface area contributed by atoms with E-state index in [0.717, 1.165) is 13.1 Å². The molecule has 3 heterocycles. The molecule has 20 heavy (non-hydrogen) atoms. The molecular weight excluding hydrogens is 250 g/mol. The normalized spacial score (nSPS) is 20.4.